The number of hydrogen-bond donors (Lipinski definition) is 3. The van der Waals surface area contributed by atoms with Crippen LogP contribution in [0.3, 0.4) is 0 Å². The molecule has 35 heavy (non-hydrogen) atoms. The molecule has 3 N–H and O–H groups in total. The molecule has 0 radical (unpaired) electrons. The van der Waals surface area contributed by atoms with E-state index in [1.54, 1.807) is 4.90 Å². The molecule has 0 fully saturated rings. The molecule has 5 aromatic rings. The first kappa shape index (κ1) is 22.7. The van der Waals surface area contributed by atoms with Crippen molar-refractivity contribution in [2.24, 2.45) is 0 Å². The van der Waals surface area contributed by atoms with Crippen molar-refractivity contribution >= 4 is 27.8 Å². The molecule has 0 bridgehead atoms. The van der Waals surface area contributed by atoms with Crippen LogP contribution in [0.25, 0.3) is 33.3 Å². The number of rotatable bonds is 5. The van der Waals surface area contributed by atoms with Gasteiger partial charge < -0.3 is 19.9 Å². The zero-order valence-corrected chi connectivity index (χ0v) is 20.6. The Hall–Kier alpha value is -4.13. The van der Waals surface area contributed by atoms with E-state index in [0.717, 1.165) is 44.3 Å². The number of carbonyl (C=O) groups excluding carboxylic acids is 1. The second-order valence-electron chi connectivity index (χ2n) is 9.49. The van der Waals surface area contributed by atoms with Gasteiger partial charge in [0.2, 0.25) is 0 Å². The molecule has 178 valence electrons. The summed E-state index contributed by atoms with van der Waals surface area (Å²) in [6.07, 6.45) is 1.92. The number of amides is 1. The van der Waals surface area contributed by atoms with Crippen LogP contribution in [0.1, 0.15) is 46.6 Å². The van der Waals surface area contributed by atoms with Gasteiger partial charge >= 0.3 is 0 Å². The number of H-pyrrole nitrogens is 3. The number of aryl methyl sites for hydroxylation is 3. The Bertz CT molecular complexity index is 1600. The number of aromatic amines is 3. The molecule has 0 unspecified atom stereocenters. The van der Waals surface area contributed by atoms with Crippen LogP contribution in [0.5, 0.6) is 0 Å². The first-order valence-electron chi connectivity index (χ1n) is 11.8. The van der Waals surface area contributed by atoms with Gasteiger partial charge in [0.25, 0.3) is 11.5 Å². The van der Waals surface area contributed by atoms with Gasteiger partial charge in [-0.25, -0.2) is 4.98 Å². The standard InChI is InChI=1S/C28H29N5O2/c1-15(2)33(14-21-16(3)10-18(5)30-27(21)34)28(35)20-11-19(12-24-25(20)17(4)13-29-24)26-31-22-8-6-7-9-23(22)32-26/h6-13,15,29H,14H2,1-5H3,(H,30,34)(H,31,32). The molecule has 5 rings (SSSR count). The van der Waals surface area contributed by atoms with Crippen molar-refractivity contribution in [2.45, 2.75) is 47.2 Å². The highest BCUT2D eigenvalue weighted by molar-refractivity contribution is 6.09. The highest BCUT2D eigenvalue weighted by Gasteiger charge is 2.25. The molecular weight excluding hydrogens is 438 g/mol. The van der Waals surface area contributed by atoms with Crippen LogP contribution in [-0.4, -0.2) is 36.8 Å². The number of nitrogens with one attached hydrogen (secondary N) is 3. The average Bonchev–Trinajstić information content (AvgIpc) is 3.41. The molecule has 3 heterocycles. The number of nitrogens with zero attached hydrogens (tertiary/aromatic N) is 2. The highest BCUT2D eigenvalue weighted by atomic mass is 16.2. The summed E-state index contributed by atoms with van der Waals surface area (Å²) in [5.74, 6) is 0.585. The lowest BCUT2D eigenvalue weighted by Crippen LogP contribution is -2.38. The van der Waals surface area contributed by atoms with E-state index in [2.05, 4.69) is 15.0 Å². The zero-order chi connectivity index (χ0) is 24.9. The number of hydrogen-bond acceptors (Lipinski definition) is 3. The number of para-hydroxylation sites is 2. The predicted molar refractivity (Wildman–Crippen MR) is 140 cm³/mol. The topological polar surface area (TPSA) is 97.6 Å². The summed E-state index contributed by atoms with van der Waals surface area (Å²) < 4.78 is 0. The van der Waals surface area contributed by atoms with E-state index in [0.29, 0.717) is 17.0 Å². The van der Waals surface area contributed by atoms with Crippen molar-refractivity contribution in [2.75, 3.05) is 0 Å². The van der Waals surface area contributed by atoms with Crippen molar-refractivity contribution < 1.29 is 4.79 Å². The Kier molecular flexibility index (Phi) is 5.55. The first-order valence-corrected chi connectivity index (χ1v) is 11.8. The van der Waals surface area contributed by atoms with Gasteiger partial charge in [0.1, 0.15) is 5.82 Å². The lowest BCUT2D eigenvalue weighted by molar-refractivity contribution is 0.0691. The summed E-state index contributed by atoms with van der Waals surface area (Å²) in [6, 6.07) is 13.6. The number of fused-ring (bicyclic) bond motifs is 2. The third-order valence-corrected chi connectivity index (χ3v) is 6.58. The molecule has 1 amide bonds. The van der Waals surface area contributed by atoms with Crippen molar-refractivity contribution in [1.29, 1.82) is 0 Å². The van der Waals surface area contributed by atoms with Crippen LogP contribution in [0, 0.1) is 20.8 Å². The summed E-state index contributed by atoms with van der Waals surface area (Å²) in [4.78, 5) is 42.8. The minimum atomic E-state index is -0.153. The smallest absolute Gasteiger partial charge is 0.255 e. The SMILES string of the molecule is Cc1cc(C)c(CN(C(=O)c2cc(-c3nc4ccccc4[nH]3)cc3[nH]cc(C)c23)C(C)C)c(=O)[nH]1. The summed E-state index contributed by atoms with van der Waals surface area (Å²) in [6.45, 7) is 9.94. The van der Waals surface area contributed by atoms with Gasteiger partial charge in [0.15, 0.2) is 0 Å². The van der Waals surface area contributed by atoms with Crippen LogP contribution < -0.4 is 5.56 Å². The van der Waals surface area contributed by atoms with E-state index in [9.17, 15) is 9.59 Å². The Morgan fingerprint density at radius 2 is 1.77 bits per heavy atom. The Morgan fingerprint density at radius 1 is 1.00 bits per heavy atom. The maximum Gasteiger partial charge on any atom is 0.255 e. The second kappa shape index (κ2) is 8.58. The minimum Gasteiger partial charge on any atom is -0.361 e. The van der Waals surface area contributed by atoms with Gasteiger partial charge in [0, 0.05) is 45.5 Å². The Labute approximate surface area is 203 Å². The van der Waals surface area contributed by atoms with Gasteiger partial charge in [-0.15, -0.1) is 0 Å². The van der Waals surface area contributed by atoms with Crippen LogP contribution in [0.15, 0.2) is 53.5 Å². The molecule has 3 aromatic heterocycles. The summed E-state index contributed by atoms with van der Waals surface area (Å²) >= 11 is 0. The molecule has 0 aliphatic carbocycles. The van der Waals surface area contributed by atoms with Crippen molar-refractivity contribution in [3.05, 3.63) is 87.0 Å². The number of benzene rings is 2. The van der Waals surface area contributed by atoms with Crippen molar-refractivity contribution in [1.82, 2.24) is 24.8 Å². The molecule has 0 aliphatic heterocycles. The van der Waals surface area contributed by atoms with E-state index in [4.69, 9.17) is 4.98 Å². The fourth-order valence-corrected chi connectivity index (χ4v) is 4.73. The summed E-state index contributed by atoms with van der Waals surface area (Å²) in [7, 11) is 0. The lowest BCUT2D eigenvalue weighted by atomic mass is 10.0. The van der Waals surface area contributed by atoms with Crippen molar-refractivity contribution in [3.8, 4) is 11.4 Å². The number of aromatic nitrogens is 4. The molecule has 7 heteroatoms. The fraction of sp³-hybridized carbons (Fsp3) is 0.250. The molecule has 0 saturated heterocycles. The maximum atomic E-state index is 14.1. The lowest BCUT2D eigenvalue weighted by Gasteiger charge is -2.28. The highest BCUT2D eigenvalue weighted by Crippen LogP contribution is 2.31. The molecule has 2 aromatic carbocycles. The summed E-state index contributed by atoms with van der Waals surface area (Å²) in [5, 5.41) is 0.884. The Morgan fingerprint density at radius 3 is 2.49 bits per heavy atom. The average molecular weight is 468 g/mol. The monoisotopic (exact) mass is 467 g/mol. The van der Waals surface area contributed by atoms with Gasteiger partial charge in [-0.3, -0.25) is 9.59 Å². The molecule has 7 nitrogen and oxygen atoms in total. The maximum absolute atomic E-state index is 14.1. The Balaban J connectivity index is 1.63. The van der Waals surface area contributed by atoms with E-state index >= 15 is 0 Å². The first-order chi connectivity index (χ1) is 16.7. The van der Waals surface area contributed by atoms with Gasteiger partial charge in [-0.2, -0.15) is 0 Å². The van der Waals surface area contributed by atoms with Crippen LogP contribution in [0.2, 0.25) is 0 Å². The van der Waals surface area contributed by atoms with Crippen LogP contribution in [0.4, 0.5) is 0 Å². The third kappa shape index (κ3) is 4.03. The fourth-order valence-electron chi connectivity index (χ4n) is 4.73. The summed E-state index contributed by atoms with van der Waals surface area (Å²) in [5.41, 5.74) is 7.23. The molecular formula is C28H29N5O2. The molecule has 0 spiro atoms. The second-order valence-corrected chi connectivity index (χ2v) is 9.49. The van der Waals surface area contributed by atoms with E-state index in [1.165, 1.54) is 0 Å². The molecule has 0 saturated carbocycles. The minimum absolute atomic E-state index is 0.105. The number of carbonyl (C=O) groups is 1. The third-order valence-electron chi connectivity index (χ3n) is 6.58. The van der Waals surface area contributed by atoms with Gasteiger partial charge in [-0.1, -0.05) is 12.1 Å². The predicted octanol–water partition coefficient (Wildman–Crippen LogP) is 5.38. The van der Waals surface area contributed by atoms with Crippen LogP contribution in [-0.2, 0) is 6.54 Å². The largest absolute Gasteiger partial charge is 0.361 e. The number of pyridine rings is 1. The van der Waals surface area contributed by atoms with Crippen LogP contribution >= 0.6 is 0 Å². The van der Waals surface area contributed by atoms with Crippen molar-refractivity contribution in [3.63, 3.8) is 0 Å². The normalized spacial score (nSPS) is 11.6. The number of imidazole rings is 1. The molecule has 0 aliphatic rings. The zero-order valence-electron chi connectivity index (χ0n) is 20.6. The van der Waals surface area contributed by atoms with Gasteiger partial charge in [-0.05, 0) is 76.1 Å². The molecule has 0 atom stereocenters. The van der Waals surface area contributed by atoms with E-state index in [-0.39, 0.29) is 24.1 Å². The van der Waals surface area contributed by atoms with E-state index in [1.807, 2.05) is 83.3 Å². The van der Waals surface area contributed by atoms with Gasteiger partial charge in [0.05, 0.1) is 17.6 Å². The van der Waals surface area contributed by atoms with E-state index < -0.39 is 0 Å². The quantitative estimate of drug-likeness (QED) is 0.324.